The van der Waals surface area contributed by atoms with Crippen LogP contribution in [-0.4, -0.2) is 31.3 Å². The molecule has 0 aliphatic rings. The summed E-state index contributed by atoms with van der Waals surface area (Å²) in [6.07, 6.45) is 1.77. The molecule has 0 bridgehead atoms. The summed E-state index contributed by atoms with van der Waals surface area (Å²) in [5.74, 6) is 2.61. The zero-order valence-corrected chi connectivity index (χ0v) is 13.0. The standard InChI is InChI=1S/C14H19N3O3S/c1-17(2)6-10-5-9(7-20-10)8-21-4-3-16-12-11(15)13(18)14(12)19/h5,7,16H,3-4,6,8,15H2,1-2H3. The maximum atomic E-state index is 11.2. The van der Waals surface area contributed by atoms with E-state index < -0.39 is 10.9 Å². The Labute approximate surface area is 127 Å². The van der Waals surface area contributed by atoms with Crippen LogP contribution >= 0.6 is 11.8 Å². The topological polar surface area (TPSA) is 88.6 Å². The minimum Gasteiger partial charge on any atom is -0.468 e. The second-order valence-corrected chi connectivity index (χ2v) is 6.19. The molecule has 6 nitrogen and oxygen atoms in total. The highest BCUT2D eigenvalue weighted by molar-refractivity contribution is 7.98. The molecule has 0 aliphatic heterocycles. The molecule has 1 heterocycles. The molecule has 0 amide bonds. The fourth-order valence-corrected chi connectivity index (χ4v) is 2.70. The van der Waals surface area contributed by atoms with E-state index in [0.717, 1.165) is 29.4 Å². The molecule has 2 rings (SSSR count). The van der Waals surface area contributed by atoms with Crippen LogP contribution in [0, 0.1) is 0 Å². The van der Waals surface area contributed by atoms with Gasteiger partial charge in [-0.05, 0) is 20.2 Å². The molecule has 3 N–H and O–H groups in total. The van der Waals surface area contributed by atoms with Gasteiger partial charge in [-0.1, -0.05) is 0 Å². The van der Waals surface area contributed by atoms with Crippen LogP contribution < -0.4 is 21.9 Å². The fourth-order valence-electron chi connectivity index (χ4n) is 1.92. The van der Waals surface area contributed by atoms with Gasteiger partial charge in [-0.3, -0.25) is 9.59 Å². The molecular formula is C14H19N3O3S. The van der Waals surface area contributed by atoms with Crippen molar-refractivity contribution in [3.63, 3.8) is 0 Å². The molecule has 21 heavy (non-hydrogen) atoms. The van der Waals surface area contributed by atoms with Crippen molar-refractivity contribution in [3.05, 3.63) is 44.1 Å². The molecule has 0 radical (unpaired) electrons. The summed E-state index contributed by atoms with van der Waals surface area (Å²) < 4.78 is 5.46. The first-order valence-corrected chi connectivity index (χ1v) is 7.76. The second-order valence-electron chi connectivity index (χ2n) is 5.09. The summed E-state index contributed by atoms with van der Waals surface area (Å²) >= 11 is 1.72. The van der Waals surface area contributed by atoms with Gasteiger partial charge in [-0.25, -0.2) is 0 Å². The molecule has 0 spiro atoms. The highest BCUT2D eigenvalue weighted by Gasteiger charge is 2.16. The third kappa shape index (κ3) is 3.89. The average molecular weight is 309 g/mol. The summed E-state index contributed by atoms with van der Waals surface area (Å²) in [5, 5.41) is 2.90. The molecule has 7 heteroatoms. The van der Waals surface area contributed by atoms with E-state index in [9.17, 15) is 9.59 Å². The lowest BCUT2D eigenvalue weighted by molar-refractivity contribution is 0.350. The summed E-state index contributed by atoms with van der Waals surface area (Å²) in [6.45, 7) is 1.39. The number of anilines is 2. The highest BCUT2D eigenvalue weighted by Crippen LogP contribution is 2.16. The predicted molar refractivity (Wildman–Crippen MR) is 86.5 cm³/mol. The van der Waals surface area contributed by atoms with E-state index in [4.69, 9.17) is 10.2 Å². The molecule has 0 aliphatic carbocycles. The van der Waals surface area contributed by atoms with E-state index in [1.807, 2.05) is 14.1 Å². The van der Waals surface area contributed by atoms with Crippen LogP contribution in [-0.2, 0) is 12.3 Å². The Bertz CT molecular complexity index is 671. The van der Waals surface area contributed by atoms with E-state index in [1.54, 1.807) is 18.0 Å². The van der Waals surface area contributed by atoms with E-state index in [1.165, 1.54) is 0 Å². The molecule has 0 saturated heterocycles. The summed E-state index contributed by atoms with van der Waals surface area (Å²) in [6, 6.07) is 2.05. The molecule has 0 atom stereocenters. The zero-order chi connectivity index (χ0) is 15.4. The first-order chi connectivity index (χ1) is 9.99. The summed E-state index contributed by atoms with van der Waals surface area (Å²) in [7, 11) is 3.99. The first-order valence-electron chi connectivity index (χ1n) is 6.60. The van der Waals surface area contributed by atoms with E-state index in [2.05, 4.69) is 16.3 Å². The van der Waals surface area contributed by atoms with Crippen LogP contribution in [0.3, 0.4) is 0 Å². The van der Waals surface area contributed by atoms with Crippen molar-refractivity contribution in [3.8, 4) is 0 Å². The van der Waals surface area contributed by atoms with Crippen LogP contribution in [0.15, 0.2) is 26.3 Å². The number of nitrogen functional groups attached to an aromatic ring is 1. The Kier molecular flexibility index (Phi) is 5.08. The maximum Gasteiger partial charge on any atom is 0.253 e. The Morgan fingerprint density at radius 3 is 2.76 bits per heavy atom. The van der Waals surface area contributed by atoms with Gasteiger partial charge in [-0.15, -0.1) is 0 Å². The van der Waals surface area contributed by atoms with Gasteiger partial charge in [0.15, 0.2) is 0 Å². The minimum atomic E-state index is -0.586. The largest absolute Gasteiger partial charge is 0.468 e. The molecule has 0 fully saturated rings. The van der Waals surface area contributed by atoms with Crippen molar-refractivity contribution in [2.45, 2.75) is 12.3 Å². The predicted octanol–water partition coefficient (Wildman–Crippen LogP) is 0.865. The van der Waals surface area contributed by atoms with E-state index in [0.29, 0.717) is 6.54 Å². The van der Waals surface area contributed by atoms with Crippen LogP contribution in [0.5, 0.6) is 0 Å². The van der Waals surface area contributed by atoms with Crippen LogP contribution in [0.25, 0.3) is 0 Å². The van der Waals surface area contributed by atoms with Crippen molar-refractivity contribution in [2.24, 2.45) is 0 Å². The van der Waals surface area contributed by atoms with Gasteiger partial charge in [0.25, 0.3) is 10.9 Å². The number of nitrogens with zero attached hydrogens (tertiary/aromatic N) is 1. The van der Waals surface area contributed by atoms with Gasteiger partial charge in [0.1, 0.15) is 17.1 Å². The molecule has 1 aromatic carbocycles. The third-order valence-corrected chi connectivity index (χ3v) is 3.97. The molecule has 2 aromatic rings. The monoisotopic (exact) mass is 309 g/mol. The zero-order valence-electron chi connectivity index (χ0n) is 12.1. The molecule has 0 saturated carbocycles. The van der Waals surface area contributed by atoms with Crippen molar-refractivity contribution in [1.82, 2.24) is 4.90 Å². The minimum absolute atomic E-state index is 0.0492. The summed E-state index contributed by atoms with van der Waals surface area (Å²) in [5.41, 5.74) is 5.78. The lowest BCUT2D eigenvalue weighted by Gasteiger charge is -2.09. The Morgan fingerprint density at radius 1 is 1.33 bits per heavy atom. The number of hydrogen-bond acceptors (Lipinski definition) is 7. The molecule has 114 valence electrons. The van der Waals surface area contributed by atoms with Crippen molar-refractivity contribution < 1.29 is 4.42 Å². The highest BCUT2D eigenvalue weighted by atomic mass is 32.2. The summed E-state index contributed by atoms with van der Waals surface area (Å²) in [4.78, 5) is 24.2. The van der Waals surface area contributed by atoms with Gasteiger partial charge >= 0.3 is 0 Å². The maximum absolute atomic E-state index is 11.2. The Hall–Kier alpha value is -1.73. The fraction of sp³-hybridized carbons (Fsp3) is 0.429. The van der Waals surface area contributed by atoms with Crippen LogP contribution in [0.1, 0.15) is 11.3 Å². The number of rotatable bonds is 8. The van der Waals surface area contributed by atoms with E-state index >= 15 is 0 Å². The molecule has 1 aromatic heterocycles. The van der Waals surface area contributed by atoms with Crippen molar-refractivity contribution in [1.29, 1.82) is 0 Å². The van der Waals surface area contributed by atoms with Gasteiger partial charge in [0.2, 0.25) is 0 Å². The van der Waals surface area contributed by atoms with Gasteiger partial charge in [-0.2, -0.15) is 11.8 Å². The van der Waals surface area contributed by atoms with E-state index in [-0.39, 0.29) is 11.4 Å². The van der Waals surface area contributed by atoms with Gasteiger partial charge < -0.3 is 20.4 Å². The Balaban J connectivity index is 1.67. The normalized spacial score (nSPS) is 11.4. The average Bonchev–Trinajstić information content (AvgIpc) is 2.88. The third-order valence-electron chi connectivity index (χ3n) is 2.94. The molecule has 0 unspecified atom stereocenters. The Morgan fingerprint density at radius 2 is 2.10 bits per heavy atom. The number of nitrogens with one attached hydrogen (secondary N) is 1. The SMILES string of the molecule is CN(C)Cc1cc(CSCCNc2c(N)c(=O)c2=O)co1. The number of hydrogen-bond donors (Lipinski definition) is 2. The van der Waals surface area contributed by atoms with Gasteiger partial charge in [0.05, 0.1) is 12.8 Å². The van der Waals surface area contributed by atoms with Crippen molar-refractivity contribution in [2.75, 3.05) is 37.4 Å². The van der Waals surface area contributed by atoms with Gasteiger partial charge in [0, 0.05) is 23.6 Å². The number of thioether (sulfide) groups is 1. The molecular weight excluding hydrogens is 290 g/mol. The lowest BCUT2D eigenvalue weighted by atomic mass is 10.2. The number of furan rings is 1. The van der Waals surface area contributed by atoms with Crippen LogP contribution in [0.4, 0.5) is 11.4 Å². The first kappa shape index (κ1) is 15.7. The second kappa shape index (κ2) is 6.82. The quantitative estimate of drug-likeness (QED) is 0.552. The number of nitrogens with two attached hydrogens (primary N) is 1. The smallest absolute Gasteiger partial charge is 0.253 e. The lowest BCUT2D eigenvalue weighted by Crippen LogP contribution is -2.37. The van der Waals surface area contributed by atoms with Crippen LogP contribution in [0.2, 0.25) is 0 Å². The van der Waals surface area contributed by atoms with Crippen molar-refractivity contribution >= 4 is 23.1 Å².